The lowest BCUT2D eigenvalue weighted by atomic mass is 10.1. The molecule has 0 amide bonds. The molecule has 4 heteroatoms. The molecule has 0 aliphatic heterocycles. The monoisotopic (exact) mass is 233 g/mol. The van der Waals surface area contributed by atoms with Crippen LogP contribution in [0, 0.1) is 5.41 Å². The second-order valence-corrected chi connectivity index (χ2v) is 3.98. The predicted octanol–water partition coefficient (Wildman–Crippen LogP) is 2.69. The summed E-state index contributed by atoms with van der Waals surface area (Å²) in [6.07, 6.45) is 2.98. The number of fused-ring (bicyclic) bond motifs is 1. The molecule has 82 valence electrons. The van der Waals surface area contributed by atoms with Crippen molar-refractivity contribution in [2.45, 2.75) is 0 Å². The highest BCUT2D eigenvalue weighted by Crippen LogP contribution is 2.26. The first-order valence-corrected chi connectivity index (χ1v) is 5.23. The van der Waals surface area contributed by atoms with E-state index in [2.05, 4.69) is 0 Å². The molecule has 0 unspecified atom stereocenters. The minimum absolute atomic E-state index is 0.261. The Kier molecular flexibility index (Phi) is 2.71. The van der Waals surface area contributed by atoms with Crippen LogP contribution >= 0.6 is 11.6 Å². The molecule has 0 radical (unpaired) electrons. The van der Waals surface area contributed by atoms with Crippen molar-refractivity contribution in [2.24, 2.45) is 12.8 Å². The van der Waals surface area contributed by atoms with E-state index >= 15 is 0 Å². The molecule has 1 aromatic carbocycles. The van der Waals surface area contributed by atoms with Crippen LogP contribution in [-0.4, -0.2) is 10.8 Å². The zero-order valence-electron chi connectivity index (χ0n) is 8.87. The van der Waals surface area contributed by atoms with Crippen molar-refractivity contribution in [1.29, 1.82) is 5.41 Å². The summed E-state index contributed by atoms with van der Waals surface area (Å²) in [5.74, 6) is 0. The fourth-order valence-corrected chi connectivity index (χ4v) is 1.86. The van der Waals surface area contributed by atoms with E-state index in [1.807, 2.05) is 42.1 Å². The lowest BCUT2D eigenvalue weighted by molar-refractivity contribution is 0.967. The first-order valence-electron chi connectivity index (χ1n) is 4.85. The highest BCUT2D eigenvalue weighted by atomic mass is 35.5. The van der Waals surface area contributed by atoms with Crippen LogP contribution in [0.4, 0.5) is 0 Å². The van der Waals surface area contributed by atoms with Gasteiger partial charge in [0.2, 0.25) is 0 Å². The number of rotatable bonds is 2. The molecule has 2 aromatic rings. The van der Waals surface area contributed by atoms with Crippen molar-refractivity contribution in [2.75, 3.05) is 0 Å². The van der Waals surface area contributed by atoms with Gasteiger partial charge in [-0.3, -0.25) is 0 Å². The summed E-state index contributed by atoms with van der Waals surface area (Å²) in [7, 11) is 1.96. The number of allylic oxidation sites excluding steroid dienone is 1. The third kappa shape index (κ3) is 1.59. The van der Waals surface area contributed by atoms with Crippen LogP contribution in [0.2, 0.25) is 0 Å². The van der Waals surface area contributed by atoms with Gasteiger partial charge in [-0.15, -0.1) is 0 Å². The molecule has 0 aliphatic carbocycles. The molecule has 1 aromatic heterocycles. The predicted molar refractivity (Wildman–Crippen MR) is 68.7 cm³/mol. The Bertz CT molecular complexity index is 581. The molecule has 0 saturated carbocycles. The van der Waals surface area contributed by atoms with Crippen LogP contribution in [-0.2, 0) is 7.05 Å². The first kappa shape index (κ1) is 10.8. The van der Waals surface area contributed by atoms with Gasteiger partial charge in [-0.05, 0) is 6.07 Å². The number of hydrogen-bond donors (Lipinski definition) is 2. The number of para-hydroxylation sites is 1. The topological polar surface area (TPSA) is 54.8 Å². The zero-order chi connectivity index (χ0) is 11.7. The first-order chi connectivity index (χ1) is 7.65. The lowest BCUT2D eigenvalue weighted by Gasteiger charge is -2.00. The van der Waals surface area contributed by atoms with Gasteiger partial charge in [0, 0.05) is 35.9 Å². The average molecular weight is 234 g/mol. The third-order valence-electron chi connectivity index (χ3n) is 2.57. The average Bonchev–Trinajstić information content (AvgIpc) is 2.65. The summed E-state index contributed by atoms with van der Waals surface area (Å²) in [5, 5.41) is 8.41. The molecule has 16 heavy (non-hydrogen) atoms. The molecule has 1 heterocycles. The van der Waals surface area contributed by atoms with Gasteiger partial charge < -0.3 is 15.7 Å². The van der Waals surface area contributed by atoms with Crippen molar-refractivity contribution < 1.29 is 0 Å². The van der Waals surface area contributed by atoms with E-state index in [9.17, 15) is 0 Å². The lowest BCUT2D eigenvalue weighted by Crippen LogP contribution is -1.98. The van der Waals surface area contributed by atoms with E-state index in [0.717, 1.165) is 22.7 Å². The molecule has 0 saturated heterocycles. The normalized spacial score (nSPS) is 12.6. The van der Waals surface area contributed by atoms with E-state index in [1.54, 1.807) is 0 Å². The second kappa shape index (κ2) is 4.02. The summed E-state index contributed by atoms with van der Waals surface area (Å²) >= 11 is 5.86. The largest absolute Gasteiger partial charge is 0.397 e. The quantitative estimate of drug-likeness (QED) is 0.770. The molecular formula is C12H12ClN3. The zero-order valence-corrected chi connectivity index (χ0v) is 9.62. The Morgan fingerprint density at radius 3 is 2.81 bits per heavy atom. The minimum atomic E-state index is 0.261. The summed E-state index contributed by atoms with van der Waals surface area (Å²) in [5.41, 5.74) is 8.31. The summed E-state index contributed by atoms with van der Waals surface area (Å²) in [4.78, 5) is 0. The summed E-state index contributed by atoms with van der Waals surface area (Å²) in [6.45, 7) is 0. The Labute approximate surface area is 98.6 Å². The van der Waals surface area contributed by atoms with Gasteiger partial charge in [-0.1, -0.05) is 29.8 Å². The van der Waals surface area contributed by atoms with Gasteiger partial charge in [-0.25, -0.2) is 0 Å². The number of nitrogens with zero attached hydrogens (tertiary/aromatic N) is 1. The van der Waals surface area contributed by atoms with Gasteiger partial charge in [0.15, 0.2) is 0 Å². The van der Waals surface area contributed by atoms with Gasteiger partial charge >= 0.3 is 0 Å². The van der Waals surface area contributed by atoms with Crippen molar-refractivity contribution in [3.8, 4) is 0 Å². The van der Waals surface area contributed by atoms with E-state index in [0.29, 0.717) is 5.70 Å². The molecular weight excluding hydrogens is 222 g/mol. The smallest absolute Gasteiger partial charge is 0.0817 e. The number of nitrogens with one attached hydrogen (secondary N) is 1. The fourth-order valence-electron chi connectivity index (χ4n) is 1.76. The molecule has 0 bridgehead atoms. The van der Waals surface area contributed by atoms with Crippen LogP contribution in [0.15, 0.2) is 35.5 Å². The third-order valence-corrected chi connectivity index (χ3v) is 2.88. The molecule has 0 fully saturated rings. The van der Waals surface area contributed by atoms with Crippen molar-refractivity contribution in [1.82, 2.24) is 4.57 Å². The Balaban J connectivity index is 2.76. The standard InChI is InChI=1S/C12H12ClN3/c1-16-7-9(12(15)10(13)6-14)8-4-2-3-5-11(8)16/h2-7,14H,15H2,1H3/b12-10+,14-6?. The number of aryl methyl sites for hydroxylation is 1. The Morgan fingerprint density at radius 2 is 2.12 bits per heavy atom. The highest BCUT2D eigenvalue weighted by molar-refractivity contribution is 6.42. The number of hydrogen-bond acceptors (Lipinski definition) is 2. The van der Waals surface area contributed by atoms with Gasteiger partial charge in [0.05, 0.1) is 10.7 Å². The van der Waals surface area contributed by atoms with Crippen LogP contribution < -0.4 is 5.73 Å². The van der Waals surface area contributed by atoms with E-state index in [1.165, 1.54) is 0 Å². The van der Waals surface area contributed by atoms with E-state index in [-0.39, 0.29) is 5.03 Å². The van der Waals surface area contributed by atoms with Crippen molar-refractivity contribution in [3.63, 3.8) is 0 Å². The molecule has 0 spiro atoms. The summed E-state index contributed by atoms with van der Waals surface area (Å²) in [6, 6.07) is 7.94. The number of nitrogens with two attached hydrogens (primary N) is 1. The SMILES string of the molecule is Cn1cc(/C(N)=C(\Cl)C=N)c2ccccc21. The maximum atomic E-state index is 7.10. The second-order valence-electron chi connectivity index (χ2n) is 3.58. The number of halogens is 1. The van der Waals surface area contributed by atoms with Crippen molar-refractivity contribution >= 4 is 34.4 Å². The number of aromatic nitrogens is 1. The Hall–Kier alpha value is -1.74. The fraction of sp³-hybridized carbons (Fsp3) is 0.0833. The van der Waals surface area contributed by atoms with Gasteiger partial charge in [0.25, 0.3) is 0 Å². The van der Waals surface area contributed by atoms with Gasteiger partial charge in [-0.2, -0.15) is 0 Å². The van der Waals surface area contributed by atoms with E-state index < -0.39 is 0 Å². The van der Waals surface area contributed by atoms with Crippen LogP contribution in [0.25, 0.3) is 16.6 Å². The molecule has 0 aliphatic rings. The van der Waals surface area contributed by atoms with Gasteiger partial charge in [0.1, 0.15) is 0 Å². The molecule has 3 N–H and O–H groups in total. The molecule has 0 atom stereocenters. The van der Waals surface area contributed by atoms with E-state index in [4.69, 9.17) is 22.7 Å². The molecule has 3 nitrogen and oxygen atoms in total. The highest BCUT2D eigenvalue weighted by Gasteiger charge is 2.09. The maximum Gasteiger partial charge on any atom is 0.0817 e. The Morgan fingerprint density at radius 1 is 1.44 bits per heavy atom. The van der Waals surface area contributed by atoms with Crippen molar-refractivity contribution in [3.05, 3.63) is 41.1 Å². The maximum absolute atomic E-state index is 7.10. The molecule has 2 rings (SSSR count). The van der Waals surface area contributed by atoms with Crippen LogP contribution in [0.5, 0.6) is 0 Å². The number of benzene rings is 1. The van der Waals surface area contributed by atoms with Crippen LogP contribution in [0.3, 0.4) is 0 Å². The summed E-state index contributed by atoms with van der Waals surface area (Å²) < 4.78 is 1.99. The minimum Gasteiger partial charge on any atom is -0.397 e. The van der Waals surface area contributed by atoms with Crippen LogP contribution in [0.1, 0.15) is 5.56 Å².